The summed E-state index contributed by atoms with van der Waals surface area (Å²) in [4.78, 5) is 50.2. The van der Waals surface area contributed by atoms with Crippen LogP contribution in [-0.4, -0.2) is 41.4 Å². The van der Waals surface area contributed by atoms with E-state index in [4.69, 9.17) is 0 Å². The number of hydrogen-bond acceptors (Lipinski definition) is 4. The summed E-state index contributed by atoms with van der Waals surface area (Å²) in [7, 11) is 0. The lowest BCUT2D eigenvalue weighted by Gasteiger charge is -2.26. The van der Waals surface area contributed by atoms with Gasteiger partial charge < -0.3 is 10.2 Å². The lowest BCUT2D eigenvalue weighted by Crippen LogP contribution is -2.35. The quantitative estimate of drug-likeness (QED) is 0.820. The number of carbonyl (C=O) groups is 4. The van der Waals surface area contributed by atoms with Gasteiger partial charge in [0.1, 0.15) is 5.78 Å². The van der Waals surface area contributed by atoms with E-state index >= 15 is 0 Å². The van der Waals surface area contributed by atoms with Crippen LogP contribution in [0.25, 0.3) is 0 Å². The molecule has 1 aromatic carbocycles. The first-order chi connectivity index (χ1) is 12.5. The summed E-state index contributed by atoms with van der Waals surface area (Å²) in [5, 5.41) is 2.42. The number of allylic oxidation sites excluding steroid dienone is 1. The molecule has 2 aliphatic rings. The van der Waals surface area contributed by atoms with Crippen molar-refractivity contribution < 1.29 is 19.2 Å². The highest BCUT2D eigenvalue weighted by Gasteiger charge is 2.26. The fourth-order valence-electron chi connectivity index (χ4n) is 3.37. The number of fused-ring (bicyclic) bond motifs is 1. The summed E-state index contributed by atoms with van der Waals surface area (Å²) in [5.41, 5.74) is 1.26. The molecule has 0 spiro atoms. The van der Waals surface area contributed by atoms with Crippen molar-refractivity contribution >= 4 is 23.4 Å². The minimum absolute atomic E-state index is 0.0339. The van der Waals surface area contributed by atoms with Gasteiger partial charge in [-0.25, -0.2) is 0 Å². The van der Waals surface area contributed by atoms with Gasteiger partial charge in [0.15, 0.2) is 0 Å². The highest BCUT2D eigenvalue weighted by Crippen LogP contribution is 2.20. The van der Waals surface area contributed by atoms with Gasteiger partial charge in [0, 0.05) is 37.9 Å². The number of piperidine rings is 1. The Balaban J connectivity index is 1.59. The lowest BCUT2D eigenvalue weighted by molar-refractivity contribution is -0.133. The van der Waals surface area contributed by atoms with E-state index in [-0.39, 0.29) is 53.9 Å². The summed E-state index contributed by atoms with van der Waals surface area (Å²) >= 11 is 0. The van der Waals surface area contributed by atoms with Crippen molar-refractivity contribution in [3.05, 3.63) is 47.2 Å². The number of rotatable bonds is 5. The smallest absolute Gasteiger partial charge is 0.256 e. The Morgan fingerprint density at radius 1 is 1.04 bits per heavy atom. The predicted molar refractivity (Wildman–Crippen MR) is 95.8 cm³/mol. The topological polar surface area (TPSA) is 83.6 Å². The second kappa shape index (κ2) is 7.64. The number of hydrogen-bond donors (Lipinski definition) is 1. The molecule has 0 aliphatic carbocycles. The molecule has 1 fully saturated rings. The molecule has 26 heavy (non-hydrogen) atoms. The van der Waals surface area contributed by atoms with Crippen LogP contribution >= 0.6 is 0 Å². The third kappa shape index (κ3) is 3.90. The van der Waals surface area contributed by atoms with Gasteiger partial charge in [-0.15, -0.1) is 0 Å². The normalized spacial score (nSPS) is 16.9. The van der Waals surface area contributed by atoms with Crippen molar-refractivity contribution in [1.29, 1.82) is 0 Å². The van der Waals surface area contributed by atoms with Crippen LogP contribution < -0.4 is 5.32 Å². The van der Waals surface area contributed by atoms with Gasteiger partial charge in [0.25, 0.3) is 5.91 Å². The molecule has 1 saturated heterocycles. The number of ketones is 2. The van der Waals surface area contributed by atoms with Crippen molar-refractivity contribution in [2.45, 2.75) is 38.5 Å². The molecule has 2 aliphatic heterocycles. The zero-order valence-electron chi connectivity index (χ0n) is 14.7. The van der Waals surface area contributed by atoms with Crippen molar-refractivity contribution in [2.24, 2.45) is 0 Å². The molecule has 1 N–H and O–H groups in total. The fourth-order valence-corrected chi connectivity index (χ4v) is 3.37. The molecular weight excluding hydrogens is 332 g/mol. The van der Waals surface area contributed by atoms with Gasteiger partial charge in [-0.2, -0.15) is 0 Å². The summed E-state index contributed by atoms with van der Waals surface area (Å²) in [6, 6.07) is 4.80. The Bertz CT molecular complexity index is 791. The largest absolute Gasteiger partial charge is 0.343 e. The maximum atomic E-state index is 12.2. The van der Waals surface area contributed by atoms with E-state index < -0.39 is 0 Å². The summed E-state index contributed by atoms with van der Waals surface area (Å²) < 4.78 is 0. The first kappa shape index (κ1) is 18.0. The van der Waals surface area contributed by atoms with E-state index in [1.165, 1.54) is 0 Å². The molecule has 0 bridgehead atoms. The number of amides is 2. The number of carbonyl (C=O) groups excluding carboxylic acids is 4. The van der Waals surface area contributed by atoms with Crippen LogP contribution in [0.5, 0.6) is 0 Å². The molecule has 0 aromatic heterocycles. The van der Waals surface area contributed by atoms with E-state index in [1.807, 2.05) is 4.90 Å². The van der Waals surface area contributed by atoms with Crippen LogP contribution in [-0.2, 0) is 16.0 Å². The van der Waals surface area contributed by atoms with Crippen LogP contribution in [0.3, 0.4) is 0 Å². The zero-order chi connectivity index (χ0) is 18.7. The monoisotopic (exact) mass is 354 g/mol. The minimum Gasteiger partial charge on any atom is -0.343 e. The first-order valence-electron chi connectivity index (χ1n) is 8.93. The zero-order valence-corrected chi connectivity index (χ0v) is 14.7. The molecule has 0 atom stereocenters. The number of benzene rings is 1. The van der Waals surface area contributed by atoms with Crippen molar-refractivity contribution in [3.8, 4) is 0 Å². The fraction of sp³-hybridized carbons (Fsp3) is 0.400. The molecule has 3 rings (SSSR count). The second-order valence-electron chi connectivity index (χ2n) is 6.80. The Morgan fingerprint density at radius 3 is 2.50 bits per heavy atom. The third-order valence-electron chi connectivity index (χ3n) is 4.84. The van der Waals surface area contributed by atoms with Gasteiger partial charge in [-0.05, 0) is 37.0 Å². The molecular formula is C20H22N2O4. The summed E-state index contributed by atoms with van der Waals surface area (Å²) in [6.07, 6.45) is 3.77. The first-order valence-corrected chi connectivity index (χ1v) is 8.93. The van der Waals surface area contributed by atoms with Gasteiger partial charge in [-0.1, -0.05) is 12.6 Å². The molecule has 6 heteroatoms. The van der Waals surface area contributed by atoms with Gasteiger partial charge in [0.2, 0.25) is 11.7 Å². The SMILES string of the molecule is C=C1NC(=O)c2ccc(CC(=O)CCC(=O)N3CCCCC3)cc2C1=O. The van der Waals surface area contributed by atoms with E-state index in [2.05, 4.69) is 11.9 Å². The average molecular weight is 354 g/mol. The maximum absolute atomic E-state index is 12.2. The number of likely N-dealkylation sites (tertiary alicyclic amines) is 1. The highest BCUT2D eigenvalue weighted by molar-refractivity contribution is 6.20. The van der Waals surface area contributed by atoms with E-state index in [0.717, 1.165) is 32.4 Å². The number of nitrogens with zero attached hydrogens (tertiary/aromatic N) is 1. The molecule has 2 heterocycles. The van der Waals surface area contributed by atoms with Crippen LogP contribution in [0.2, 0.25) is 0 Å². The molecule has 6 nitrogen and oxygen atoms in total. The van der Waals surface area contributed by atoms with Crippen molar-refractivity contribution in [1.82, 2.24) is 10.2 Å². The predicted octanol–water partition coefficient (Wildman–Crippen LogP) is 2.03. The van der Waals surface area contributed by atoms with Crippen LogP contribution in [0.15, 0.2) is 30.5 Å². The molecule has 0 saturated carbocycles. The molecule has 1 aromatic rings. The number of Topliss-reactive ketones (excluding diaryl/α,β-unsaturated/α-hetero) is 2. The minimum atomic E-state index is -0.366. The summed E-state index contributed by atoms with van der Waals surface area (Å²) in [5.74, 6) is -0.725. The maximum Gasteiger partial charge on any atom is 0.256 e. The van der Waals surface area contributed by atoms with Crippen LogP contribution in [0.1, 0.15) is 58.4 Å². The van der Waals surface area contributed by atoms with Crippen molar-refractivity contribution in [3.63, 3.8) is 0 Å². The standard InChI is InChI=1S/C20H22N2O4/c1-13-19(25)17-12-14(5-7-16(17)20(26)21-13)11-15(23)6-8-18(24)22-9-3-2-4-10-22/h5,7,12H,1-4,6,8-11H2,(H,21,26). The van der Waals surface area contributed by atoms with Crippen LogP contribution in [0.4, 0.5) is 0 Å². The Hall–Kier alpha value is -2.76. The van der Waals surface area contributed by atoms with Crippen LogP contribution in [0, 0.1) is 0 Å². The average Bonchev–Trinajstić information content (AvgIpc) is 2.65. The van der Waals surface area contributed by atoms with Crippen molar-refractivity contribution in [2.75, 3.05) is 13.1 Å². The Kier molecular flexibility index (Phi) is 5.30. The summed E-state index contributed by atoms with van der Waals surface area (Å²) in [6.45, 7) is 5.11. The third-order valence-corrected chi connectivity index (χ3v) is 4.84. The lowest BCUT2D eigenvalue weighted by atomic mass is 9.93. The second-order valence-corrected chi connectivity index (χ2v) is 6.80. The molecule has 0 radical (unpaired) electrons. The van der Waals surface area contributed by atoms with E-state index in [1.54, 1.807) is 18.2 Å². The van der Waals surface area contributed by atoms with Gasteiger partial charge in [0.05, 0.1) is 11.3 Å². The van der Waals surface area contributed by atoms with E-state index in [9.17, 15) is 19.2 Å². The Morgan fingerprint density at radius 2 is 1.77 bits per heavy atom. The van der Waals surface area contributed by atoms with Gasteiger partial charge >= 0.3 is 0 Å². The molecule has 2 amide bonds. The number of nitrogens with one attached hydrogen (secondary N) is 1. The highest BCUT2D eigenvalue weighted by atomic mass is 16.2. The molecule has 136 valence electrons. The van der Waals surface area contributed by atoms with E-state index in [0.29, 0.717) is 11.1 Å². The Labute approximate surface area is 152 Å². The molecule has 0 unspecified atom stereocenters. The van der Waals surface area contributed by atoms with Gasteiger partial charge in [-0.3, -0.25) is 19.2 Å².